The Morgan fingerprint density at radius 1 is 0.812 bits per heavy atom. The van der Waals surface area contributed by atoms with Crippen LogP contribution in [0.25, 0.3) is 6.08 Å². The van der Waals surface area contributed by atoms with Crippen LogP contribution in [0.3, 0.4) is 0 Å². The Kier molecular flexibility index (Phi) is 8.33. The molecular weight excluding hydrogens is 440 g/mol. The minimum Gasteiger partial charge on any atom is -0.497 e. The molecule has 11 heteroatoms. The van der Waals surface area contributed by atoms with Gasteiger partial charge in [0.15, 0.2) is 11.5 Å². The van der Waals surface area contributed by atoms with Gasteiger partial charge in [-0.1, -0.05) is 0 Å². The highest BCUT2D eigenvalue weighted by Crippen LogP contribution is 2.35. The second-order valence-corrected chi connectivity index (χ2v) is 8.00. The number of carbonyl (C=O) groups is 1. The van der Waals surface area contributed by atoms with Crippen LogP contribution in [0.2, 0.25) is 0 Å². The number of amides is 1. The fraction of sp³-hybridized carbons (Fsp3) is 0.286. The predicted molar refractivity (Wildman–Crippen MR) is 118 cm³/mol. The van der Waals surface area contributed by atoms with E-state index in [2.05, 4.69) is 10.3 Å². The number of hydrogen-bond donors (Lipinski definition) is 2. The van der Waals surface area contributed by atoms with Crippen molar-refractivity contribution in [3.63, 3.8) is 0 Å². The van der Waals surface area contributed by atoms with Crippen LogP contribution in [0.15, 0.2) is 40.8 Å². The molecule has 0 saturated carbocycles. The summed E-state index contributed by atoms with van der Waals surface area (Å²) < 4.78 is 51.4. The molecule has 0 saturated heterocycles. The molecule has 1 amide bonds. The van der Waals surface area contributed by atoms with E-state index in [4.69, 9.17) is 23.7 Å². The van der Waals surface area contributed by atoms with Crippen molar-refractivity contribution < 1.29 is 36.9 Å². The van der Waals surface area contributed by atoms with Crippen LogP contribution in [0.4, 0.5) is 0 Å². The van der Waals surface area contributed by atoms with Crippen molar-refractivity contribution in [2.24, 2.45) is 0 Å². The van der Waals surface area contributed by atoms with Crippen LogP contribution in [0.5, 0.6) is 28.7 Å². The third kappa shape index (κ3) is 5.62. The first-order valence-electron chi connectivity index (χ1n) is 9.23. The summed E-state index contributed by atoms with van der Waals surface area (Å²) >= 11 is 0. The molecule has 0 aliphatic rings. The third-order valence-corrected chi connectivity index (χ3v) is 5.69. The quantitative estimate of drug-likeness (QED) is 0.404. The summed E-state index contributed by atoms with van der Waals surface area (Å²) in [7, 11) is 3.05. The Morgan fingerprint density at radius 2 is 1.41 bits per heavy atom. The molecule has 0 aliphatic heterocycles. The van der Waals surface area contributed by atoms with E-state index in [1.54, 1.807) is 18.2 Å². The van der Waals surface area contributed by atoms with Crippen molar-refractivity contribution in [2.75, 3.05) is 35.5 Å². The first kappa shape index (κ1) is 24.8. The molecule has 0 fully saturated rings. The number of sulfonamides is 1. The van der Waals surface area contributed by atoms with Gasteiger partial charge in [0.1, 0.15) is 22.1 Å². The minimum atomic E-state index is -4.14. The van der Waals surface area contributed by atoms with Gasteiger partial charge in [-0.2, -0.15) is 0 Å². The molecule has 2 aromatic carbocycles. The number of nitrogens with one attached hydrogen (secondary N) is 2. The standard InChI is InChI=1S/C21H26N2O8S/c1-13(9-14-10-18(30-5)19(31-6)12-17(14)29-4)21(24)22-23-32(25,26)20-11-15(27-2)7-8-16(20)28-3/h7-12,23H,1-6H3,(H,22,24). The van der Waals surface area contributed by atoms with Crippen LogP contribution in [-0.2, 0) is 14.8 Å². The van der Waals surface area contributed by atoms with E-state index in [0.29, 0.717) is 28.6 Å². The zero-order valence-corrected chi connectivity index (χ0v) is 19.5. The van der Waals surface area contributed by atoms with Gasteiger partial charge in [0, 0.05) is 23.3 Å². The van der Waals surface area contributed by atoms with Crippen molar-refractivity contribution in [2.45, 2.75) is 11.8 Å². The van der Waals surface area contributed by atoms with Gasteiger partial charge in [0.2, 0.25) is 0 Å². The highest BCUT2D eigenvalue weighted by atomic mass is 32.2. The zero-order chi connectivity index (χ0) is 23.9. The first-order valence-corrected chi connectivity index (χ1v) is 10.7. The molecule has 0 aliphatic carbocycles. The molecule has 10 nitrogen and oxygen atoms in total. The number of rotatable bonds is 10. The largest absolute Gasteiger partial charge is 0.497 e. The van der Waals surface area contributed by atoms with E-state index >= 15 is 0 Å². The third-order valence-electron chi connectivity index (χ3n) is 4.43. The Balaban J connectivity index is 2.26. The summed E-state index contributed by atoms with van der Waals surface area (Å²) in [5.41, 5.74) is 2.92. The van der Waals surface area contributed by atoms with E-state index in [9.17, 15) is 13.2 Å². The summed E-state index contributed by atoms with van der Waals surface area (Å²) in [5, 5.41) is 0. The van der Waals surface area contributed by atoms with Crippen LogP contribution < -0.4 is 33.9 Å². The van der Waals surface area contributed by atoms with Crippen molar-refractivity contribution in [1.29, 1.82) is 0 Å². The van der Waals surface area contributed by atoms with Gasteiger partial charge in [-0.25, -0.2) is 8.42 Å². The van der Waals surface area contributed by atoms with E-state index in [0.717, 1.165) is 0 Å². The van der Waals surface area contributed by atoms with Crippen LogP contribution in [0, 0.1) is 0 Å². The number of hydrogen-bond acceptors (Lipinski definition) is 8. The van der Waals surface area contributed by atoms with Crippen molar-refractivity contribution in [3.05, 3.63) is 41.5 Å². The topological polar surface area (TPSA) is 121 Å². The molecule has 0 spiro atoms. The van der Waals surface area contributed by atoms with Gasteiger partial charge in [-0.3, -0.25) is 10.2 Å². The lowest BCUT2D eigenvalue weighted by Gasteiger charge is -2.14. The highest BCUT2D eigenvalue weighted by molar-refractivity contribution is 7.89. The summed E-state index contributed by atoms with van der Waals surface area (Å²) in [5.74, 6) is 1.08. The SMILES string of the molecule is COc1ccc(OC)c(S(=O)(=O)NNC(=O)C(C)=Cc2cc(OC)c(OC)cc2OC)c1. The Morgan fingerprint density at radius 3 is 1.97 bits per heavy atom. The molecule has 0 unspecified atom stereocenters. The maximum atomic E-state index is 12.7. The average Bonchev–Trinajstić information content (AvgIpc) is 2.81. The van der Waals surface area contributed by atoms with Crippen molar-refractivity contribution in [3.8, 4) is 28.7 Å². The van der Waals surface area contributed by atoms with Gasteiger partial charge in [0.05, 0.1) is 35.5 Å². The summed E-state index contributed by atoms with van der Waals surface area (Å²) in [4.78, 5) is 14.4. The molecule has 0 bridgehead atoms. The summed E-state index contributed by atoms with van der Waals surface area (Å²) in [6.07, 6.45) is 1.52. The minimum absolute atomic E-state index is 0.0925. The van der Waals surface area contributed by atoms with E-state index in [1.807, 2.05) is 0 Å². The van der Waals surface area contributed by atoms with Crippen LogP contribution in [0.1, 0.15) is 12.5 Å². The normalized spacial score (nSPS) is 11.5. The summed E-state index contributed by atoms with van der Waals surface area (Å²) in [6.45, 7) is 1.52. The van der Waals surface area contributed by atoms with E-state index in [-0.39, 0.29) is 16.2 Å². The van der Waals surface area contributed by atoms with Gasteiger partial charge >= 0.3 is 0 Å². The Bertz CT molecular complexity index is 1110. The zero-order valence-electron chi connectivity index (χ0n) is 18.6. The smallest absolute Gasteiger partial charge is 0.261 e. The summed E-state index contributed by atoms with van der Waals surface area (Å²) in [6, 6.07) is 7.54. The molecule has 2 N–H and O–H groups in total. The average molecular weight is 467 g/mol. The number of methoxy groups -OCH3 is 5. The fourth-order valence-corrected chi connectivity index (χ4v) is 3.75. The van der Waals surface area contributed by atoms with E-state index in [1.165, 1.54) is 60.7 Å². The van der Waals surface area contributed by atoms with Gasteiger partial charge in [-0.15, -0.1) is 4.83 Å². The molecule has 0 heterocycles. The van der Waals surface area contributed by atoms with Gasteiger partial charge in [-0.05, 0) is 31.2 Å². The lowest BCUT2D eigenvalue weighted by atomic mass is 10.1. The predicted octanol–water partition coefficient (Wildman–Crippen LogP) is 2.14. The molecule has 2 aromatic rings. The molecule has 2 rings (SSSR count). The molecule has 32 heavy (non-hydrogen) atoms. The Hall–Kier alpha value is -3.44. The maximum absolute atomic E-state index is 12.7. The number of ether oxygens (including phenoxy) is 5. The highest BCUT2D eigenvalue weighted by Gasteiger charge is 2.22. The maximum Gasteiger partial charge on any atom is 0.261 e. The van der Waals surface area contributed by atoms with Gasteiger partial charge in [0.25, 0.3) is 15.9 Å². The lowest BCUT2D eigenvalue weighted by molar-refractivity contribution is -0.117. The number of hydrazine groups is 1. The molecule has 0 atom stereocenters. The van der Waals surface area contributed by atoms with Crippen molar-refractivity contribution >= 4 is 22.0 Å². The monoisotopic (exact) mass is 466 g/mol. The second-order valence-electron chi connectivity index (χ2n) is 6.35. The van der Waals surface area contributed by atoms with E-state index < -0.39 is 15.9 Å². The molecule has 0 aromatic heterocycles. The molecule has 0 radical (unpaired) electrons. The number of benzene rings is 2. The van der Waals surface area contributed by atoms with Crippen LogP contribution in [-0.4, -0.2) is 49.9 Å². The van der Waals surface area contributed by atoms with Crippen LogP contribution >= 0.6 is 0 Å². The fourth-order valence-electron chi connectivity index (χ4n) is 2.73. The molecule has 174 valence electrons. The lowest BCUT2D eigenvalue weighted by Crippen LogP contribution is -2.42. The van der Waals surface area contributed by atoms with Crippen molar-refractivity contribution in [1.82, 2.24) is 10.3 Å². The molecular formula is C21H26N2O8S. The first-order chi connectivity index (χ1) is 15.2. The Labute approximate surface area is 187 Å². The second kappa shape index (κ2) is 10.7. The van der Waals surface area contributed by atoms with Gasteiger partial charge < -0.3 is 23.7 Å². The number of carbonyl (C=O) groups excluding carboxylic acids is 1.